The van der Waals surface area contributed by atoms with Gasteiger partial charge in [-0.15, -0.1) is 0 Å². The van der Waals surface area contributed by atoms with E-state index in [4.69, 9.17) is 5.73 Å². The zero-order chi connectivity index (χ0) is 13.3. The molecule has 0 bridgehead atoms. The Morgan fingerprint density at radius 3 is 2.72 bits per heavy atom. The molecule has 1 heterocycles. The maximum atomic E-state index is 9.77. The van der Waals surface area contributed by atoms with Crippen molar-refractivity contribution in [2.75, 3.05) is 11.1 Å². The summed E-state index contributed by atoms with van der Waals surface area (Å²) >= 11 is 0. The maximum Gasteiger partial charge on any atom is 0.0951 e. The standard InChI is InChI=1S/C14H19N3O/c1-9(18)14(2,3)17-12-7-8-16-13-10(12)5-4-6-11(13)15/h4-9,18H,15H2,1-3H3,(H,16,17). The minimum Gasteiger partial charge on any atom is -0.397 e. The van der Waals surface area contributed by atoms with Gasteiger partial charge in [0.05, 0.1) is 22.8 Å². The Kier molecular flexibility index (Phi) is 3.13. The molecule has 4 nitrogen and oxygen atoms in total. The van der Waals surface area contributed by atoms with Gasteiger partial charge in [-0.2, -0.15) is 0 Å². The second kappa shape index (κ2) is 4.46. The molecular formula is C14H19N3O. The molecule has 1 aromatic carbocycles. The number of aliphatic hydroxyl groups excluding tert-OH is 1. The summed E-state index contributed by atoms with van der Waals surface area (Å²) in [5.41, 5.74) is 7.86. The number of nitrogens with two attached hydrogens (primary N) is 1. The van der Waals surface area contributed by atoms with Crippen molar-refractivity contribution >= 4 is 22.3 Å². The van der Waals surface area contributed by atoms with Gasteiger partial charge in [0.15, 0.2) is 0 Å². The van der Waals surface area contributed by atoms with Crippen LogP contribution in [0.2, 0.25) is 0 Å². The molecule has 0 amide bonds. The van der Waals surface area contributed by atoms with E-state index in [2.05, 4.69) is 10.3 Å². The van der Waals surface area contributed by atoms with Crippen LogP contribution >= 0.6 is 0 Å². The summed E-state index contributed by atoms with van der Waals surface area (Å²) in [5.74, 6) is 0. The van der Waals surface area contributed by atoms with Gasteiger partial charge in [0.25, 0.3) is 0 Å². The summed E-state index contributed by atoms with van der Waals surface area (Å²) in [7, 11) is 0. The third-order valence-electron chi connectivity index (χ3n) is 3.30. The molecular weight excluding hydrogens is 226 g/mol. The monoisotopic (exact) mass is 245 g/mol. The summed E-state index contributed by atoms with van der Waals surface area (Å²) in [6.45, 7) is 5.68. The van der Waals surface area contributed by atoms with Crippen LogP contribution in [0.25, 0.3) is 10.9 Å². The van der Waals surface area contributed by atoms with Crippen molar-refractivity contribution in [3.63, 3.8) is 0 Å². The lowest BCUT2D eigenvalue weighted by molar-refractivity contribution is 0.133. The number of pyridine rings is 1. The first-order valence-electron chi connectivity index (χ1n) is 6.01. The predicted octanol–water partition coefficient (Wildman–Crippen LogP) is 2.39. The maximum absolute atomic E-state index is 9.77. The Bertz CT molecular complexity index is 564. The number of aliphatic hydroxyl groups is 1. The number of nitrogens with one attached hydrogen (secondary N) is 1. The molecule has 4 N–H and O–H groups in total. The van der Waals surface area contributed by atoms with Crippen LogP contribution in [0.15, 0.2) is 30.5 Å². The van der Waals surface area contributed by atoms with Gasteiger partial charge in [-0.1, -0.05) is 12.1 Å². The Morgan fingerprint density at radius 1 is 1.33 bits per heavy atom. The highest BCUT2D eigenvalue weighted by atomic mass is 16.3. The van der Waals surface area contributed by atoms with E-state index in [0.717, 1.165) is 16.6 Å². The van der Waals surface area contributed by atoms with Crippen LogP contribution in [-0.4, -0.2) is 21.7 Å². The summed E-state index contributed by atoms with van der Waals surface area (Å²) in [6, 6.07) is 7.60. The van der Waals surface area contributed by atoms with E-state index in [1.165, 1.54) is 0 Å². The Hall–Kier alpha value is -1.81. The largest absolute Gasteiger partial charge is 0.397 e. The second-order valence-electron chi connectivity index (χ2n) is 5.12. The SMILES string of the molecule is CC(O)C(C)(C)Nc1ccnc2c(N)cccc12. The zero-order valence-electron chi connectivity index (χ0n) is 10.9. The Balaban J connectivity index is 2.49. The number of hydrogen-bond donors (Lipinski definition) is 3. The van der Waals surface area contributed by atoms with Crippen LogP contribution in [0.4, 0.5) is 11.4 Å². The molecule has 96 valence electrons. The first kappa shape index (κ1) is 12.6. The lowest BCUT2D eigenvalue weighted by Crippen LogP contribution is -2.41. The van der Waals surface area contributed by atoms with Crippen molar-refractivity contribution in [2.45, 2.75) is 32.4 Å². The minimum absolute atomic E-state index is 0.418. The van der Waals surface area contributed by atoms with Crippen LogP contribution in [-0.2, 0) is 0 Å². The van der Waals surface area contributed by atoms with E-state index >= 15 is 0 Å². The molecule has 0 aliphatic heterocycles. The molecule has 0 saturated heterocycles. The highest BCUT2D eigenvalue weighted by Gasteiger charge is 2.24. The van der Waals surface area contributed by atoms with Crippen molar-refractivity contribution < 1.29 is 5.11 Å². The number of benzene rings is 1. The van der Waals surface area contributed by atoms with Gasteiger partial charge < -0.3 is 16.2 Å². The Morgan fingerprint density at radius 2 is 2.06 bits per heavy atom. The molecule has 0 fully saturated rings. The normalized spacial score (nSPS) is 13.6. The first-order chi connectivity index (χ1) is 8.42. The molecule has 1 unspecified atom stereocenters. The van der Waals surface area contributed by atoms with Gasteiger partial charge in [0, 0.05) is 17.3 Å². The van der Waals surface area contributed by atoms with Crippen molar-refractivity contribution in [3.05, 3.63) is 30.5 Å². The fourth-order valence-electron chi connectivity index (χ4n) is 1.76. The molecule has 2 rings (SSSR count). The first-order valence-corrected chi connectivity index (χ1v) is 6.01. The molecule has 2 aromatic rings. The van der Waals surface area contributed by atoms with Crippen molar-refractivity contribution in [2.24, 2.45) is 0 Å². The van der Waals surface area contributed by atoms with Gasteiger partial charge in [-0.25, -0.2) is 0 Å². The van der Waals surface area contributed by atoms with E-state index in [0.29, 0.717) is 5.69 Å². The van der Waals surface area contributed by atoms with Gasteiger partial charge in [0.2, 0.25) is 0 Å². The summed E-state index contributed by atoms with van der Waals surface area (Å²) < 4.78 is 0. The Labute approximate surface area is 107 Å². The topological polar surface area (TPSA) is 71.2 Å². The number of anilines is 2. The lowest BCUT2D eigenvalue weighted by atomic mass is 9.98. The molecule has 0 radical (unpaired) electrons. The van der Waals surface area contributed by atoms with Crippen molar-refractivity contribution in [1.82, 2.24) is 4.98 Å². The lowest BCUT2D eigenvalue weighted by Gasteiger charge is -2.31. The minimum atomic E-state index is -0.471. The molecule has 0 spiro atoms. The smallest absolute Gasteiger partial charge is 0.0951 e. The molecule has 0 aliphatic carbocycles. The quantitative estimate of drug-likeness (QED) is 0.726. The number of rotatable bonds is 3. The van der Waals surface area contributed by atoms with E-state index in [1.54, 1.807) is 13.1 Å². The molecule has 1 atom stereocenters. The van der Waals surface area contributed by atoms with Crippen molar-refractivity contribution in [3.8, 4) is 0 Å². The second-order valence-corrected chi connectivity index (χ2v) is 5.12. The van der Waals surface area contributed by atoms with Crippen LogP contribution in [0.5, 0.6) is 0 Å². The van der Waals surface area contributed by atoms with Crippen LogP contribution in [0.1, 0.15) is 20.8 Å². The summed E-state index contributed by atoms with van der Waals surface area (Å²) in [6.07, 6.45) is 1.25. The number of aromatic nitrogens is 1. The third-order valence-corrected chi connectivity index (χ3v) is 3.30. The average Bonchev–Trinajstić information content (AvgIpc) is 2.30. The number of nitrogens with zero attached hydrogens (tertiary/aromatic N) is 1. The number of nitrogen functional groups attached to an aromatic ring is 1. The average molecular weight is 245 g/mol. The van der Waals surface area contributed by atoms with Gasteiger partial charge in [-0.05, 0) is 32.9 Å². The predicted molar refractivity (Wildman–Crippen MR) is 75.5 cm³/mol. The zero-order valence-corrected chi connectivity index (χ0v) is 10.9. The molecule has 0 aliphatic rings. The summed E-state index contributed by atoms with van der Waals surface area (Å²) in [4.78, 5) is 4.29. The van der Waals surface area contributed by atoms with Gasteiger partial charge in [-0.3, -0.25) is 4.98 Å². The van der Waals surface area contributed by atoms with E-state index < -0.39 is 11.6 Å². The van der Waals surface area contributed by atoms with Crippen LogP contribution in [0, 0.1) is 0 Å². The third kappa shape index (κ3) is 2.24. The highest BCUT2D eigenvalue weighted by molar-refractivity contribution is 5.97. The van der Waals surface area contributed by atoms with Gasteiger partial charge in [0.1, 0.15) is 0 Å². The van der Waals surface area contributed by atoms with E-state index in [-0.39, 0.29) is 0 Å². The number of fused-ring (bicyclic) bond motifs is 1. The molecule has 1 aromatic heterocycles. The number of hydrogen-bond acceptors (Lipinski definition) is 4. The van der Waals surface area contributed by atoms with Gasteiger partial charge >= 0.3 is 0 Å². The van der Waals surface area contributed by atoms with Crippen LogP contribution < -0.4 is 11.1 Å². The van der Waals surface area contributed by atoms with Crippen LogP contribution in [0.3, 0.4) is 0 Å². The van der Waals surface area contributed by atoms with E-state index in [9.17, 15) is 5.11 Å². The highest BCUT2D eigenvalue weighted by Crippen LogP contribution is 2.28. The number of para-hydroxylation sites is 1. The fourth-order valence-corrected chi connectivity index (χ4v) is 1.76. The fraction of sp³-hybridized carbons (Fsp3) is 0.357. The molecule has 0 saturated carbocycles. The molecule has 18 heavy (non-hydrogen) atoms. The van der Waals surface area contributed by atoms with Crippen molar-refractivity contribution in [1.29, 1.82) is 0 Å². The van der Waals surface area contributed by atoms with E-state index in [1.807, 2.05) is 38.1 Å². The summed E-state index contributed by atoms with van der Waals surface area (Å²) in [5, 5.41) is 14.1. The molecule has 4 heteroatoms.